The number of nitrogens with zero attached hydrogens (tertiary/aromatic N) is 2. The summed E-state index contributed by atoms with van der Waals surface area (Å²) >= 11 is 0. The third-order valence-corrected chi connectivity index (χ3v) is 6.86. The summed E-state index contributed by atoms with van der Waals surface area (Å²) in [5.41, 5.74) is 1.54. The van der Waals surface area contributed by atoms with Gasteiger partial charge in [0.25, 0.3) is 0 Å². The van der Waals surface area contributed by atoms with Crippen LogP contribution in [0.15, 0.2) is 30.3 Å². The Kier molecular flexibility index (Phi) is 5.40. The summed E-state index contributed by atoms with van der Waals surface area (Å²) in [7, 11) is -3.29. The van der Waals surface area contributed by atoms with Gasteiger partial charge in [0.05, 0.1) is 22.9 Å². The van der Waals surface area contributed by atoms with Gasteiger partial charge in [-0.15, -0.1) is 0 Å². The molecule has 1 aliphatic heterocycles. The first-order chi connectivity index (χ1) is 13.9. The number of nitrogens with one attached hydrogen (secondary N) is 2. The lowest BCUT2D eigenvalue weighted by Gasteiger charge is -2.16. The highest BCUT2D eigenvalue weighted by molar-refractivity contribution is 7.90. The summed E-state index contributed by atoms with van der Waals surface area (Å²) in [6, 6.07) is 9.10. The Balaban J connectivity index is 1.57. The predicted molar refractivity (Wildman–Crippen MR) is 108 cm³/mol. The van der Waals surface area contributed by atoms with E-state index in [2.05, 4.69) is 15.7 Å². The monoisotopic (exact) mass is 416 g/mol. The minimum Gasteiger partial charge on any atom is -0.345 e. The summed E-state index contributed by atoms with van der Waals surface area (Å²) < 4.78 is 25.5. The first kappa shape index (κ1) is 19.6. The van der Waals surface area contributed by atoms with Gasteiger partial charge in [0, 0.05) is 11.6 Å². The van der Waals surface area contributed by atoms with Gasteiger partial charge in [-0.3, -0.25) is 9.59 Å². The molecule has 0 unspecified atom stereocenters. The number of sulfone groups is 1. The van der Waals surface area contributed by atoms with Gasteiger partial charge in [-0.1, -0.05) is 43.9 Å². The van der Waals surface area contributed by atoms with E-state index in [-0.39, 0.29) is 23.4 Å². The smallest absolute Gasteiger partial charge is 0.314 e. The Morgan fingerprint density at radius 3 is 2.34 bits per heavy atom. The molecular weight excluding hydrogens is 392 g/mol. The van der Waals surface area contributed by atoms with Crippen LogP contribution in [0.2, 0.25) is 0 Å². The van der Waals surface area contributed by atoms with Gasteiger partial charge in [0.2, 0.25) is 0 Å². The quantitative estimate of drug-likeness (QED) is 0.588. The van der Waals surface area contributed by atoms with E-state index >= 15 is 0 Å². The number of amides is 2. The Labute approximate surface area is 169 Å². The lowest BCUT2D eigenvalue weighted by Crippen LogP contribution is -2.42. The minimum atomic E-state index is -3.29. The molecule has 154 valence electrons. The van der Waals surface area contributed by atoms with E-state index in [0.717, 1.165) is 38.5 Å². The fourth-order valence-electron chi connectivity index (χ4n) is 3.97. The standard InChI is InChI=1S/C20H24N4O4S/c25-19(21-14-8-4-1-2-5-9-14)20(26)22-18-16-12-29(27,28)13-17(16)23-24(18)15-10-6-3-7-11-15/h3,6-7,10-11,14H,1-2,4-5,8-9,12-13H2,(H,21,25)(H,22,26). The second-order valence-electron chi connectivity index (χ2n) is 7.67. The molecule has 1 aliphatic carbocycles. The molecule has 2 aromatic rings. The van der Waals surface area contributed by atoms with Crippen molar-refractivity contribution < 1.29 is 18.0 Å². The summed E-state index contributed by atoms with van der Waals surface area (Å²) in [4.78, 5) is 25.1. The molecule has 2 N–H and O–H groups in total. The third kappa shape index (κ3) is 4.34. The largest absolute Gasteiger partial charge is 0.345 e. The molecule has 2 amide bonds. The second-order valence-corrected chi connectivity index (χ2v) is 9.73. The van der Waals surface area contributed by atoms with Crippen LogP contribution >= 0.6 is 0 Å². The first-order valence-corrected chi connectivity index (χ1v) is 11.7. The number of fused-ring (bicyclic) bond motifs is 1. The van der Waals surface area contributed by atoms with Crippen LogP contribution in [0.3, 0.4) is 0 Å². The van der Waals surface area contributed by atoms with E-state index in [9.17, 15) is 18.0 Å². The van der Waals surface area contributed by atoms with Gasteiger partial charge in [-0.25, -0.2) is 13.1 Å². The van der Waals surface area contributed by atoms with Crippen molar-refractivity contribution in [1.29, 1.82) is 0 Å². The number of rotatable bonds is 3. The van der Waals surface area contributed by atoms with Gasteiger partial charge < -0.3 is 10.6 Å². The summed E-state index contributed by atoms with van der Waals surface area (Å²) in [6.07, 6.45) is 6.12. The molecule has 0 bridgehead atoms. The van der Waals surface area contributed by atoms with Crippen molar-refractivity contribution in [2.75, 3.05) is 5.32 Å². The zero-order valence-electron chi connectivity index (χ0n) is 16.1. The van der Waals surface area contributed by atoms with Crippen LogP contribution < -0.4 is 10.6 Å². The van der Waals surface area contributed by atoms with Crippen molar-refractivity contribution in [3.05, 3.63) is 41.6 Å². The van der Waals surface area contributed by atoms with E-state index in [4.69, 9.17) is 0 Å². The summed E-state index contributed by atoms with van der Waals surface area (Å²) in [5.74, 6) is -1.63. The number of anilines is 1. The Morgan fingerprint density at radius 2 is 1.66 bits per heavy atom. The molecular formula is C20H24N4O4S. The zero-order valence-corrected chi connectivity index (χ0v) is 16.9. The van der Waals surface area contributed by atoms with Crippen molar-refractivity contribution in [1.82, 2.24) is 15.1 Å². The number of carbonyl (C=O) groups excluding carboxylic acids is 2. The molecule has 1 aromatic carbocycles. The van der Waals surface area contributed by atoms with Crippen LogP contribution in [-0.2, 0) is 30.9 Å². The number of aromatic nitrogens is 2. The van der Waals surface area contributed by atoms with E-state index in [1.54, 1.807) is 12.1 Å². The van der Waals surface area contributed by atoms with Gasteiger partial charge in [0.1, 0.15) is 5.82 Å². The van der Waals surface area contributed by atoms with Crippen LogP contribution in [0.1, 0.15) is 49.8 Å². The van der Waals surface area contributed by atoms with Crippen LogP contribution in [-0.4, -0.2) is 36.1 Å². The molecule has 0 atom stereocenters. The van der Waals surface area contributed by atoms with E-state index in [1.807, 2.05) is 18.2 Å². The molecule has 0 radical (unpaired) electrons. The highest BCUT2D eigenvalue weighted by Crippen LogP contribution is 2.32. The number of hydrogen-bond acceptors (Lipinski definition) is 5. The maximum Gasteiger partial charge on any atom is 0.314 e. The molecule has 2 aliphatic rings. The SMILES string of the molecule is O=C(Nc1c2c(nn1-c1ccccc1)CS(=O)(=O)C2)C(=O)NC1CCCCCC1. The Bertz CT molecular complexity index is 1020. The molecule has 0 spiro atoms. The Hall–Kier alpha value is -2.68. The van der Waals surface area contributed by atoms with E-state index in [0.29, 0.717) is 16.9 Å². The lowest BCUT2D eigenvalue weighted by molar-refractivity contribution is -0.136. The minimum absolute atomic E-state index is 0.000812. The van der Waals surface area contributed by atoms with Crippen LogP contribution in [0, 0.1) is 0 Å². The molecule has 1 fully saturated rings. The topological polar surface area (TPSA) is 110 Å². The molecule has 4 rings (SSSR count). The average molecular weight is 417 g/mol. The van der Waals surface area contributed by atoms with Crippen LogP contribution in [0.25, 0.3) is 5.69 Å². The van der Waals surface area contributed by atoms with Gasteiger partial charge in [0.15, 0.2) is 9.84 Å². The molecule has 9 heteroatoms. The van der Waals surface area contributed by atoms with Crippen molar-refractivity contribution in [2.45, 2.75) is 56.1 Å². The first-order valence-electron chi connectivity index (χ1n) is 9.91. The summed E-state index contributed by atoms with van der Waals surface area (Å²) in [6.45, 7) is 0. The van der Waals surface area contributed by atoms with Gasteiger partial charge in [-0.05, 0) is 25.0 Å². The zero-order chi connectivity index (χ0) is 20.4. The maximum absolute atomic E-state index is 12.6. The van der Waals surface area contributed by atoms with Crippen molar-refractivity contribution in [2.24, 2.45) is 0 Å². The number of carbonyl (C=O) groups is 2. The fraction of sp³-hybridized carbons (Fsp3) is 0.450. The summed E-state index contributed by atoms with van der Waals surface area (Å²) in [5, 5.41) is 9.82. The van der Waals surface area contributed by atoms with E-state index < -0.39 is 21.7 Å². The van der Waals surface area contributed by atoms with Crippen LogP contribution in [0.4, 0.5) is 5.82 Å². The second kappa shape index (κ2) is 7.98. The van der Waals surface area contributed by atoms with Gasteiger partial charge in [-0.2, -0.15) is 5.10 Å². The number of para-hydroxylation sites is 1. The van der Waals surface area contributed by atoms with Crippen molar-refractivity contribution in [3.63, 3.8) is 0 Å². The highest BCUT2D eigenvalue weighted by atomic mass is 32.2. The fourth-order valence-corrected chi connectivity index (χ4v) is 5.46. The van der Waals surface area contributed by atoms with Crippen molar-refractivity contribution in [3.8, 4) is 5.69 Å². The predicted octanol–water partition coefficient (Wildman–Crippen LogP) is 2.08. The van der Waals surface area contributed by atoms with Crippen LogP contribution in [0.5, 0.6) is 0 Å². The number of benzene rings is 1. The third-order valence-electron chi connectivity index (χ3n) is 5.42. The van der Waals surface area contributed by atoms with E-state index in [1.165, 1.54) is 4.68 Å². The Morgan fingerprint density at radius 1 is 0.966 bits per heavy atom. The molecule has 1 aromatic heterocycles. The lowest BCUT2D eigenvalue weighted by atomic mass is 10.1. The highest BCUT2D eigenvalue weighted by Gasteiger charge is 2.34. The number of hydrogen-bond donors (Lipinski definition) is 2. The normalized spacial score (nSPS) is 18.6. The average Bonchev–Trinajstić information content (AvgIpc) is 3.02. The molecule has 2 heterocycles. The molecule has 29 heavy (non-hydrogen) atoms. The molecule has 8 nitrogen and oxygen atoms in total. The maximum atomic E-state index is 12.6. The van der Waals surface area contributed by atoms with Crippen molar-refractivity contribution >= 4 is 27.5 Å². The van der Waals surface area contributed by atoms with Gasteiger partial charge >= 0.3 is 11.8 Å². The molecule has 1 saturated carbocycles. The molecule has 0 saturated heterocycles.